The lowest BCUT2D eigenvalue weighted by atomic mass is 10.2. The molecule has 0 amide bonds. The molecule has 0 fully saturated rings. The predicted molar refractivity (Wildman–Crippen MR) is 109 cm³/mol. The van der Waals surface area contributed by atoms with Crippen LogP contribution in [-0.4, -0.2) is 41.7 Å². The number of nitrogens with zero attached hydrogens (tertiary/aromatic N) is 6. The van der Waals surface area contributed by atoms with Gasteiger partial charge in [0.25, 0.3) is 5.56 Å². The van der Waals surface area contributed by atoms with Gasteiger partial charge in [0.2, 0.25) is 0 Å². The highest BCUT2D eigenvalue weighted by molar-refractivity contribution is 7.19. The summed E-state index contributed by atoms with van der Waals surface area (Å²) in [6, 6.07) is 0. The number of thiazole rings is 2. The molecule has 144 valence electrons. The lowest BCUT2D eigenvalue weighted by Crippen LogP contribution is -2.24. The molecule has 5 rings (SSSR count). The fraction of sp³-hybridized carbons (Fsp3) is 0.353. The van der Waals surface area contributed by atoms with Gasteiger partial charge < -0.3 is 15.1 Å². The molecule has 11 heteroatoms. The first kappa shape index (κ1) is 17.5. The number of hydrogen-bond donors (Lipinski definition) is 2. The molecule has 2 N–H and O–H groups in total. The van der Waals surface area contributed by atoms with E-state index in [1.807, 2.05) is 17.0 Å². The van der Waals surface area contributed by atoms with Gasteiger partial charge in [-0.3, -0.25) is 4.79 Å². The van der Waals surface area contributed by atoms with Crippen molar-refractivity contribution in [3.8, 4) is 0 Å². The van der Waals surface area contributed by atoms with E-state index in [9.17, 15) is 4.79 Å². The molecule has 0 spiro atoms. The van der Waals surface area contributed by atoms with Gasteiger partial charge in [-0.25, -0.2) is 14.6 Å². The highest BCUT2D eigenvalue weighted by Gasteiger charge is 2.19. The molecule has 0 saturated heterocycles. The Balaban J connectivity index is 1.54. The maximum absolute atomic E-state index is 13.0. The van der Waals surface area contributed by atoms with Gasteiger partial charge in [0.15, 0.2) is 5.65 Å². The van der Waals surface area contributed by atoms with Crippen LogP contribution >= 0.6 is 22.7 Å². The van der Waals surface area contributed by atoms with E-state index in [1.54, 1.807) is 17.5 Å². The van der Waals surface area contributed by atoms with Gasteiger partial charge in [0.1, 0.15) is 15.5 Å². The minimum atomic E-state index is -0.172. The second kappa shape index (κ2) is 6.76. The Morgan fingerprint density at radius 1 is 1.32 bits per heavy atom. The molecule has 1 aliphatic heterocycles. The Morgan fingerprint density at radius 3 is 2.96 bits per heavy atom. The molecule has 4 aromatic heterocycles. The number of aliphatic hydroxyl groups is 1. The summed E-state index contributed by atoms with van der Waals surface area (Å²) in [5, 5.41) is 22.1. The lowest BCUT2D eigenvalue weighted by molar-refractivity contribution is 0.281. The van der Waals surface area contributed by atoms with Crippen molar-refractivity contribution in [2.24, 2.45) is 12.1 Å². The van der Waals surface area contributed by atoms with Crippen LogP contribution in [0.15, 0.2) is 21.5 Å². The summed E-state index contributed by atoms with van der Waals surface area (Å²) < 4.78 is 4.23. The third kappa shape index (κ3) is 2.82. The van der Waals surface area contributed by atoms with Gasteiger partial charge >= 0.3 is 0 Å². The van der Waals surface area contributed by atoms with E-state index in [4.69, 9.17) is 10.1 Å². The zero-order chi connectivity index (χ0) is 19.3. The van der Waals surface area contributed by atoms with E-state index < -0.39 is 0 Å². The third-order valence-corrected chi connectivity index (χ3v) is 6.69. The Hall–Kier alpha value is -2.63. The molecule has 0 saturated carbocycles. The van der Waals surface area contributed by atoms with Gasteiger partial charge in [0.05, 0.1) is 29.7 Å². The summed E-state index contributed by atoms with van der Waals surface area (Å²) in [5.41, 5.74) is 6.03. The molecule has 0 atom stereocenters. The molecular weight excluding hydrogens is 398 g/mol. The molecular formula is C17H17N7O2S2. The second-order valence-electron chi connectivity index (χ2n) is 6.59. The first-order valence-corrected chi connectivity index (χ1v) is 10.5. The van der Waals surface area contributed by atoms with E-state index in [0.717, 1.165) is 45.8 Å². The summed E-state index contributed by atoms with van der Waals surface area (Å²) in [6.07, 6.45) is 3.40. The number of nitrogens with one attached hydrogen (secondary N) is 1. The van der Waals surface area contributed by atoms with Crippen molar-refractivity contribution in [3.63, 3.8) is 0 Å². The van der Waals surface area contributed by atoms with Gasteiger partial charge in [0, 0.05) is 42.9 Å². The van der Waals surface area contributed by atoms with E-state index >= 15 is 0 Å². The number of aliphatic hydroxyl groups excluding tert-OH is 1. The molecule has 0 aliphatic carbocycles. The first-order valence-electron chi connectivity index (χ1n) is 8.80. The van der Waals surface area contributed by atoms with Crippen molar-refractivity contribution in [2.45, 2.75) is 26.0 Å². The topological polar surface area (TPSA) is 110 Å². The first-order chi connectivity index (χ1) is 13.6. The van der Waals surface area contributed by atoms with Crippen molar-refractivity contribution in [1.82, 2.24) is 29.7 Å². The van der Waals surface area contributed by atoms with Crippen LogP contribution in [0.4, 0.5) is 0 Å². The Bertz CT molecular complexity index is 1280. The maximum atomic E-state index is 13.0. The van der Waals surface area contributed by atoms with Crippen LogP contribution in [0.5, 0.6) is 0 Å². The monoisotopic (exact) mass is 415 g/mol. The van der Waals surface area contributed by atoms with Crippen molar-refractivity contribution < 1.29 is 5.11 Å². The highest BCUT2D eigenvalue weighted by atomic mass is 32.1. The van der Waals surface area contributed by atoms with Crippen LogP contribution in [0, 0.1) is 0 Å². The number of fused-ring (bicyclic) bond motifs is 3. The van der Waals surface area contributed by atoms with E-state index in [0.29, 0.717) is 16.2 Å². The fourth-order valence-electron chi connectivity index (χ4n) is 3.39. The van der Waals surface area contributed by atoms with Crippen molar-refractivity contribution in [1.29, 1.82) is 0 Å². The van der Waals surface area contributed by atoms with Gasteiger partial charge in [-0.1, -0.05) is 0 Å². The third-order valence-electron chi connectivity index (χ3n) is 4.73. The average Bonchev–Trinajstić information content (AvgIpc) is 3.46. The van der Waals surface area contributed by atoms with E-state index in [1.165, 1.54) is 16.0 Å². The van der Waals surface area contributed by atoms with Crippen LogP contribution < -0.4 is 11.0 Å². The highest BCUT2D eigenvalue weighted by Crippen LogP contribution is 2.31. The molecule has 28 heavy (non-hydrogen) atoms. The van der Waals surface area contributed by atoms with Crippen LogP contribution in [0.1, 0.15) is 22.1 Å². The smallest absolute Gasteiger partial charge is 0.291 e. The SMILES string of the molecule is Cn1c2nc(CC3=NNCC3)sc2c2cnn(Cc3csc(CO)n3)c(=O)c21. The molecule has 0 unspecified atom stereocenters. The summed E-state index contributed by atoms with van der Waals surface area (Å²) in [5.74, 6) is 0. The van der Waals surface area contributed by atoms with Crippen LogP contribution in [0.25, 0.3) is 21.3 Å². The van der Waals surface area contributed by atoms with Crippen LogP contribution in [0.2, 0.25) is 0 Å². The molecule has 0 bridgehead atoms. The predicted octanol–water partition coefficient (Wildman–Crippen LogP) is 1.23. The summed E-state index contributed by atoms with van der Waals surface area (Å²) in [6.45, 7) is 1.05. The summed E-state index contributed by atoms with van der Waals surface area (Å²) in [4.78, 5) is 22.1. The number of hydrogen-bond acceptors (Lipinski definition) is 9. The fourth-order valence-corrected chi connectivity index (χ4v) is 5.18. The number of rotatable bonds is 5. The number of aryl methyl sites for hydroxylation is 1. The zero-order valence-corrected chi connectivity index (χ0v) is 16.7. The summed E-state index contributed by atoms with van der Waals surface area (Å²) >= 11 is 2.96. The van der Waals surface area contributed by atoms with E-state index in [-0.39, 0.29) is 18.7 Å². The van der Waals surface area contributed by atoms with Gasteiger partial charge in [-0.2, -0.15) is 10.2 Å². The van der Waals surface area contributed by atoms with Crippen LogP contribution in [0.3, 0.4) is 0 Å². The Morgan fingerprint density at radius 2 is 2.21 bits per heavy atom. The summed E-state index contributed by atoms with van der Waals surface area (Å²) in [7, 11) is 1.86. The number of hydrazone groups is 1. The molecule has 0 aromatic carbocycles. The van der Waals surface area contributed by atoms with Gasteiger partial charge in [-0.15, -0.1) is 22.7 Å². The van der Waals surface area contributed by atoms with E-state index in [2.05, 4.69) is 20.6 Å². The lowest BCUT2D eigenvalue weighted by Gasteiger charge is -2.03. The molecule has 0 radical (unpaired) electrons. The minimum Gasteiger partial charge on any atom is -0.389 e. The molecule has 1 aliphatic rings. The van der Waals surface area contributed by atoms with Crippen LogP contribution in [-0.2, 0) is 26.6 Å². The minimum absolute atomic E-state index is 0.101. The Kier molecular flexibility index (Phi) is 4.22. The van der Waals surface area contributed by atoms with Gasteiger partial charge in [-0.05, 0) is 0 Å². The zero-order valence-electron chi connectivity index (χ0n) is 15.0. The number of aromatic nitrogens is 5. The molecule has 9 nitrogen and oxygen atoms in total. The van der Waals surface area contributed by atoms with Crippen molar-refractivity contribution >= 4 is 49.6 Å². The normalized spacial score (nSPS) is 14.1. The quantitative estimate of drug-likeness (QED) is 0.507. The van der Waals surface area contributed by atoms with Crippen molar-refractivity contribution in [2.75, 3.05) is 6.54 Å². The standard InChI is InChI=1S/C17H17N7O2S2/c1-23-14-11(15-16(23)21-12(28-15)4-9-2-3-18-22-9)5-19-24(17(14)26)6-10-8-27-13(7-25)20-10/h5,8,18,25H,2-4,6-7H2,1H3. The van der Waals surface area contributed by atoms with Crippen molar-refractivity contribution in [3.05, 3.63) is 37.6 Å². The second-order valence-corrected chi connectivity index (χ2v) is 8.62. The largest absolute Gasteiger partial charge is 0.389 e. The average molecular weight is 416 g/mol. The maximum Gasteiger partial charge on any atom is 0.291 e. The molecule has 4 aromatic rings. The Labute approximate surface area is 167 Å². The molecule has 5 heterocycles.